The van der Waals surface area contributed by atoms with Crippen LogP contribution in [0.1, 0.15) is 97.8 Å². The van der Waals surface area contributed by atoms with Crippen molar-refractivity contribution in [2.45, 2.75) is 122 Å². The number of carbonyl (C=O) groups is 3. The molecule has 0 aromatic heterocycles. The molecule has 0 aromatic rings. The topological polar surface area (TPSA) is 72.9 Å². The summed E-state index contributed by atoms with van der Waals surface area (Å²) in [5.74, 6) is -0.878. The Hall–Kier alpha value is -1.47. The molecule has 1 atom stereocenters. The van der Waals surface area contributed by atoms with Gasteiger partial charge in [0, 0.05) is 13.2 Å². The number of ether oxygens (including phenoxy) is 1. The van der Waals surface area contributed by atoms with Gasteiger partial charge < -0.3 is 14.1 Å². The van der Waals surface area contributed by atoms with Crippen LogP contribution in [0.3, 0.4) is 0 Å². The van der Waals surface area contributed by atoms with Crippen molar-refractivity contribution in [2.75, 3.05) is 20.3 Å². The molecule has 34 heavy (non-hydrogen) atoms. The zero-order valence-corrected chi connectivity index (χ0v) is 23.6. The highest BCUT2D eigenvalue weighted by Crippen LogP contribution is 2.36. The van der Waals surface area contributed by atoms with E-state index in [2.05, 4.69) is 33.9 Å². The van der Waals surface area contributed by atoms with Crippen molar-refractivity contribution in [3.05, 3.63) is 12.2 Å². The molecule has 0 bridgehead atoms. The van der Waals surface area contributed by atoms with Crippen LogP contribution in [0, 0.1) is 0 Å². The molecule has 1 heterocycles. The molecule has 7 heteroatoms. The monoisotopic (exact) mass is 495 g/mol. The van der Waals surface area contributed by atoms with E-state index in [1.165, 1.54) is 56.6 Å². The van der Waals surface area contributed by atoms with Crippen molar-refractivity contribution in [3.63, 3.8) is 0 Å². The lowest BCUT2D eigenvalue weighted by molar-refractivity contribution is -0.151. The van der Waals surface area contributed by atoms with E-state index in [-0.39, 0.29) is 23.1 Å². The SMILES string of the molecule is COC(=O)C1CCCN1C(=O)CC(=O)/C=C/CCCCCCCCCCO[Si](C)(C)C(C)(C)C. The average molecular weight is 496 g/mol. The largest absolute Gasteiger partial charge is 0.467 e. The van der Waals surface area contributed by atoms with E-state index in [1.807, 2.05) is 6.08 Å². The maximum atomic E-state index is 12.3. The summed E-state index contributed by atoms with van der Waals surface area (Å²) in [5, 5.41) is 0.288. The van der Waals surface area contributed by atoms with E-state index >= 15 is 0 Å². The van der Waals surface area contributed by atoms with Crippen LogP contribution in [0.5, 0.6) is 0 Å². The zero-order valence-electron chi connectivity index (χ0n) is 22.6. The second-order valence-electron chi connectivity index (χ2n) is 11.0. The van der Waals surface area contributed by atoms with E-state index in [4.69, 9.17) is 9.16 Å². The summed E-state index contributed by atoms with van der Waals surface area (Å²) in [6.07, 6.45) is 15.1. The third kappa shape index (κ3) is 11.3. The Morgan fingerprint density at radius 1 is 0.971 bits per heavy atom. The number of esters is 1. The summed E-state index contributed by atoms with van der Waals surface area (Å²) >= 11 is 0. The fourth-order valence-corrected chi connectivity index (χ4v) is 5.03. The number of unbranched alkanes of at least 4 members (excludes halogenated alkanes) is 8. The van der Waals surface area contributed by atoms with Gasteiger partial charge in [-0.1, -0.05) is 65.4 Å². The Kier molecular flexibility index (Phi) is 13.9. The number of nitrogens with zero attached hydrogens (tertiary/aromatic N) is 1. The first-order valence-corrected chi connectivity index (χ1v) is 16.1. The van der Waals surface area contributed by atoms with E-state index in [9.17, 15) is 14.4 Å². The Labute approximate surface area is 209 Å². The van der Waals surface area contributed by atoms with Gasteiger partial charge in [0.1, 0.15) is 6.04 Å². The van der Waals surface area contributed by atoms with Crippen LogP contribution in [0.15, 0.2) is 12.2 Å². The molecule has 0 aliphatic carbocycles. The minimum absolute atomic E-state index is 0.176. The molecular formula is C27H49NO5Si. The molecule has 0 radical (unpaired) electrons. The van der Waals surface area contributed by atoms with Crippen LogP contribution in [0.25, 0.3) is 0 Å². The fourth-order valence-electron chi connectivity index (χ4n) is 3.94. The lowest BCUT2D eigenvalue weighted by Crippen LogP contribution is -2.41. The van der Waals surface area contributed by atoms with Gasteiger partial charge >= 0.3 is 5.97 Å². The molecule has 0 aromatic carbocycles. The highest BCUT2D eigenvalue weighted by atomic mass is 28.4. The molecule has 1 aliphatic rings. The molecule has 6 nitrogen and oxygen atoms in total. The summed E-state index contributed by atoms with van der Waals surface area (Å²) in [7, 11) is -0.271. The maximum absolute atomic E-state index is 12.3. The van der Waals surface area contributed by atoms with Gasteiger partial charge in [-0.05, 0) is 56.3 Å². The van der Waals surface area contributed by atoms with E-state index in [0.717, 1.165) is 32.3 Å². The van der Waals surface area contributed by atoms with Gasteiger partial charge in [-0.3, -0.25) is 9.59 Å². The predicted molar refractivity (Wildman–Crippen MR) is 140 cm³/mol. The first kappa shape index (κ1) is 30.6. The number of methoxy groups -OCH3 is 1. The van der Waals surface area contributed by atoms with Crippen molar-refractivity contribution in [1.29, 1.82) is 0 Å². The third-order valence-electron chi connectivity index (χ3n) is 7.21. The van der Waals surface area contributed by atoms with Crippen LogP contribution in [0.4, 0.5) is 0 Å². The minimum atomic E-state index is -1.59. The van der Waals surface area contributed by atoms with Gasteiger partial charge in [-0.25, -0.2) is 4.79 Å². The summed E-state index contributed by atoms with van der Waals surface area (Å²) in [6.45, 7) is 12.9. The lowest BCUT2D eigenvalue weighted by Gasteiger charge is -2.36. The van der Waals surface area contributed by atoms with Crippen LogP contribution in [0.2, 0.25) is 18.1 Å². The van der Waals surface area contributed by atoms with Crippen LogP contribution < -0.4 is 0 Å². The number of hydrogen-bond acceptors (Lipinski definition) is 5. The Balaban J connectivity index is 2.03. The Morgan fingerprint density at radius 3 is 2.15 bits per heavy atom. The van der Waals surface area contributed by atoms with Gasteiger partial charge in [0.2, 0.25) is 5.91 Å². The Morgan fingerprint density at radius 2 is 1.56 bits per heavy atom. The van der Waals surface area contributed by atoms with Crippen LogP contribution in [-0.2, 0) is 23.5 Å². The third-order valence-corrected chi connectivity index (χ3v) is 11.7. The molecule has 1 saturated heterocycles. The number of amides is 1. The van der Waals surface area contributed by atoms with Crippen molar-refractivity contribution < 1.29 is 23.5 Å². The first-order valence-electron chi connectivity index (χ1n) is 13.2. The van der Waals surface area contributed by atoms with Crippen LogP contribution >= 0.6 is 0 Å². The summed E-state index contributed by atoms with van der Waals surface area (Å²) in [4.78, 5) is 37.7. The summed E-state index contributed by atoms with van der Waals surface area (Å²) < 4.78 is 11.0. The number of carbonyl (C=O) groups excluding carboxylic acids is 3. The van der Waals surface area contributed by atoms with Gasteiger partial charge in [0.15, 0.2) is 14.1 Å². The number of allylic oxidation sites excluding steroid dienone is 2. The van der Waals surface area contributed by atoms with E-state index in [0.29, 0.717) is 13.0 Å². The molecule has 1 aliphatic heterocycles. The molecule has 1 amide bonds. The number of hydrogen-bond donors (Lipinski definition) is 0. The van der Waals surface area contributed by atoms with E-state index in [1.54, 1.807) is 0 Å². The van der Waals surface area contributed by atoms with Crippen molar-refractivity contribution in [3.8, 4) is 0 Å². The quantitative estimate of drug-likeness (QED) is 0.0838. The molecular weight excluding hydrogens is 446 g/mol. The molecule has 1 unspecified atom stereocenters. The van der Waals surface area contributed by atoms with Gasteiger partial charge in [-0.15, -0.1) is 0 Å². The average Bonchev–Trinajstić information content (AvgIpc) is 3.25. The number of rotatable bonds is 16. The van der Waals surface area contributed by atoms with Gasteiger partial charge in [-0.2, -0.15) is 0 Å². The standard InChI is InChI=1S/C27H49NO5Si/c1-27(2,3)34(5,6)33-21-16-14-12-10-8-7-9-11-13-15-18-23(29)22-25(30)28-20-17-19-24(28)26(31)32-4/h15,18,24H,7-14,16-17,19-22H2,1-6H3/b18-15+. The summed E-state index contributed by atoms with van der Waals surface area (Å²) in [5.41, 5.74) is 0. The zero-order chi connectivity index (χ0) is 25.6. The maximum Gasteiger partial charge on any atom is 0.328 e. The smallest absolute Gasteiger partial charge is 0.328 e. The number of ketones is 1. The molecule has 0 spiro atoms. The second-order valence-corrected chi connectivity index (χ2v) is 15.8. The van der Waals surface area contributed by atoms with Gasteiger partial charge in [0.25, 0.3) is 0 Å². The second kappa shape index (κ2) is 15.5. The minimum Gasteiger partial charge on any atom is -0.467 e. The molecule has 1 fully saturated rings. The molecule has 0 N–H and O–H groups in total. The summed E-state index contributed by atoms with van der Waals surface area (Å²) in [6, 6.07) is -0.537. The highest BCUT2D eigenvalue weighted by molar-refractivity contribution is 6.74. The fraction of sp³-hybridized carbons (Fsp3) is 0.815. The van der Waals surface area contributed by atoms with Crippen LogP contribution in [-0.4, -0.2) is 57.2 Å². The predicted octanol–water partition coefficient (Wildman–Crippen LogP) is 6.20. The lowest BCUT2D eigenvalue weighted by atomic mass is 10.1. The van der Waals surface area contributed by atoms with Gasteiger partial charge in [0.05, 0.1) is 13.5 Å². The Bertz CT molecular complexity index is 668. The first-order chi connectivity index (χ1) is 16.0. The van der Waals surface area contributed by atoms with Crippen molar-refractivity contribution in [1.82, 2.24) is 4.90 Å². The van der Waals surface area contributed by atoms with Crippen molar-refractivity contribution in [2.24, 2.45) is 0 Å². The van der Waals surface area contributed by atoms with E-state index < -0.39 is 20.3 Å². The number of likely N-dealkylation sites (tertiary alicyclic amines) is 1. The molecule has 1 rings (SSSR count). The van der Waals surface area contributed by atoms with Crippen molar-refractivity contribution >= 4 is 26.0 Å². The highest BCUT2D eigenvalue weighted by Gasteiger charge is 2.37. The normalized spacial score (nSPS) is 16.9. The molecule has 196 valence electrons. The molecule has 0 saturated carbocycles.